The Bertz CT molecular complexity index is 169. The van der Waals surface area contributed by atoms with E-state index in [4.69, 9.17) is 10.2 Å². The number of hydrogen-bond acceptors (Lipinski definition) is 2. The Balaban J connectivity index is 4.15. The first-order valence-electron chi connectivity index (χ1n) is 3.20. The van der Waals surface area contributed by atoms with Gasteiger partial charge in [0.25, 0.3) is 0 Å². The van der Waals surface area contributed by atoms with Crippen molar-refractivity contribution in [3.8, 4) is 0 Å². The molecule has 72 valence electrons. The van der Waals surface area contributed by atoms with Crippen LogP contribution in [0.1, 0.15) is 13.3 Å². The van der Waals surface area contributed by atoms with Crippen molar-refractivity contribution < 1.29 is 28.2 Å². The molecule has 0 aromatic heterocycles. The van der Waals surface area contributed by atoms with E-state index >= 15 is 0 Å². The first kappa shape index (κ1) is 11.2. The van der Waals surface area contributed by atoms with Crippen molar-refractivity contribution in [3.63, 3.8) is 0 Å². The van der Waals surface area contributed by atoms with Gasteiger partial charge in [-0.3, -0.25) is 0 Å². The summed E-state index contributed by atoms with van der Waals surface area (Å²) in [6.45, 7) is 0.957. The Morgan fingerprint density at radius 2 is 2.00 bits per heavy atom. The molecule has 12 heavy (non-hydrogen) atoms. The second-order valence-corrected chi connectivity index (χ2v) is 2.58. The summed E-state index contributed by atoms with van der Waals surface area (Å²) in [5.74, 6) is -7.19. The average Bonchev–Trinajstić information content (AvgIpc) is 1.85. The van der Waals surface area contributed by atoms with E-state index in [-0.39, 0.29) is 0 Å². The van der Waals surface area contributed by atoms with Crippen molar-refractivity contribution in [3.05, 3.63) is 0 Å². The molecule has 2 unspecified atom stereocenters. The van der Waals surface area contributed by atoms with Crippen LogP contribution in [0.5, 0.6) is 0 Å². The number of hydrogen-bond donors (Lipinski definition) is 2. The molecule has 0 aliphatic rings. The SMILES string of the molecule is CC(CC(O)(F)C(=O)O)C(F)F. The summed E-state index contributed by atoms with van der Waals surface area (Å²) < 4.78 is 35.9. The standard InChI is InChI=1S/C6H9F3O3/c1-3(4(7)8)2-6(9,12)5(10)11/h3-4,12H,2H2,1H3,(H,10,11). The molecule has 0 radical (unpaired) electrons. The molecule has 0 bridgehead atoms. The quantitative estimate of drug-likeness (QED) is 0.689. The van der Waals surface area contributed by atoms with Crippen molar-refractivity contribution in [1.29, 1.82) is 0 Å². The second-order valence-electron chi connectivity index (χ2n) is 2.58. The van der Waals surface area contributed by atoms with Crippen LogP contribution in [-0.4, -0.2) is 28.5 Å². The normalized spacial score (nSPS) is 18.8. The summed E-state index contributed by atoms with van der Waals surface area (Å²) in [7, 11) is 0. The molecule has 0 spiro atoms. The summed E-state index contributed by atoms with van der Waals surface area (Å²) in [5, 5.41) is 16.4. The molecule has 0 saturated heterocycles. The number of rotatable bonds is 4. The molecule has 0 aromatic carbocycles. The second kappa shape index (κ2) is 3.75. The van der Waals surface area contributed by atoms with Gasteiger partial charge in [0.1, 0.15) is 0 Å². The summed E-state index contributed by atoms with van der Waals surface area (Å²) in [5.41, 5.74) is 0. The van der Waals surface area contributed by atoms with Crippen molar-refractivity contribution >= 4 is 5.97 Å². The minimum atomic E-state index is -3.56. The molecular weight excluding hydrogens is 177 g/mol. The average molecular weight is 186 g/mol. The van der Waals surface area contributed by atoms with E-state index in [1.54, 1.807) is 0 Å². The number of carbonyl (C=O) groups is 1. The Kier molecular flexibility index (Phi) is 3.51. The van der Waals surface area contributed by atoms with Crippen LogP contribution in [-0.2, 0) is 4.79 Å². The van der Waals surface area contributed by atoms with Gasteiger partial charge in [-0.1, -0.05) is 6.92 Å². The molecule has 2 atom stereocenters. The number of alkyl halides is 3. The molecule has 0 aromatic rings. The van der Waals surface area contributed by atoms with Crippen LogP contribution in [0, 0.1) is 5.92 Å². The number of aliphatic hydroxyl groups is 1. The molecule has 0 heterocycles. The number of carboxylic acid groups (broad SMARTS) is 1. The Morgan fingerprint density at radius 1 is 1.58 bits per heavy atom. The third kappa shape index (κ3) is 3.08. The summed E-state index contributed by atoms with van der Waals surface area (Å²) >= 11 is 0. The van der Waals surface area contributed by atoms with Gasteiger partial charge < -0.3 is 10.2 Å². The first-order chi connectivity index (χ1) is 5.27. The highest BCUT2D eigenvalue weighted by Crippen LogP contribution is 2.23. The van der Waals surface area contributed by atoms with E-state index in [1.807, 2.05) is 0 Å². The van der Waals surface area contributed by atoms with E-state index in [2.05, 4.69) is 0 Å². The van der Waals surface area contributed by atoms with Gasteiger partial charge in [0, 0.05) is 12.3 Å². The lowest BCUT2D eigenvalue weighted by Gasteiger charge is -2.17. The molecule has 3 nitrogen and oxygen atoms in total. The van der Waals surface area contributed by atoms with Crippen LogP contribution >= 0.6 is 0 Å². The van der Waals surface area contributed by atoms with Gasteiger partial charge in [-0.05, 0) is 0 Å². The highest BCUT2D eigenvalue weighted by molar-refractivity contribution is 5.74. The number of carboxylic acids is 1. The van der Waals surface area contributed by atoms with Crippen LogP contribution in [0.2, 0.25) is 0 Å². The van der Waals surface area contributed by atoms with Crippen LogP contribution in [0.15, 0.2) is 0 Å². The fourth-order valence-corrected chi connectivity index (χ4v) is 0.603. The number of aliphatic carboxylic acids is 1. The van der Waals surface area contributed by atoms with Gasteiger partial charge in [-0.15, -0.1) is 0 Å². The van der Waals surface area contributed by atoms with Crippen molar-refractivity contribution in [2.75, 3.05) is 0 Å². The van der Waals surface area contributed by atoms with Crippen molar-refractivity contribution in [1.82, 2.24) is 0 Å². The molecule has 0 aliphatic carbocycles. The third-order valence-corrected chi connectivity index (χ3v) is 1.35. The fraction of sp³-hybridized carbons (Fsp3) is 0.833. The Morgan fingerprint density at radius 3 is 2.25 bits per heavy atom. The van der Waals surface area contributed by atoms with Gasteiger partial charge in [0.05, 0.1) is 0 Å². The van der Waals surface area contributed by atoms with E-state index in [1.165, 1.54) is 0 Å². The van der Waals surface area contributed by atoms with Crippen molar-refractivity contribution in [2.24, 2.45) is 5.92 Å². The zero-order valence-electron chi connectivity index (χ0n) is 6.30. The van der Waals surface area contributed by atoms with Gasteiger partial charge >= 0.3 is 11.8 Å². The highest BCUT2D eigenvalue weighted by Gasteiger charge is 2.39. The minimum absolute atomic E-state index is 0.957. The lowest BCUT2D eigenvalue weighted by molar-refractivity contribution is -0.186. The van der Waals surface area contributed by atoms with Crippen molar-refractivity contribution in [2.45, 2.75) is 25.6 Å². The van der Waals surface area contributed by atoms with Gasteiger partial charge in [0.15, 0.2) is 0 Å². The van der Waals surface area contributed by atoms with E-state index in [0.717, 1.165) is 6.92 Å². The van der Waals surface area contributed by atoms with E-state index in [9.17, 15) is 18.0 Å². The molecule has 0 fully saturated rings. The molecule has 0 amide bonds. The first-order valence-corrected chi connectivity index (χ1v) is 3.20. The fourth-order valence-electron chi connectivity index (χ4n) is 0.603. The molecule has 0 rings (SSSR count). The van der Waals surface area contributed by atoms with Crippen LogP contribution in [0.3, 0.4) is 0 Å². The van der Waals surface area contributed by atoms with Gasteiger partial charge in [0.2, 0.25) is 6.43 Å². The molecule has 0 aliphatic heterocycles. The topological polar surface area (TPSA) is 57.5 Å². The summed E-state index contributed by atoms with van der Waals surface area (Å²) in [6.07, 6.45) is -3.95. The van der Waals surface area contributed by atoms with Gasteiger partial charge in [-0.25, -0.2) is 13.6 Å². The largest absolute Gasteiger partial charge is 0.477 e. The number of halogens is 3. The zero-order valence-corrected chi connectivity index (χ0v) is 6.30. The predicted octanol–water partition coefficient (Wildman–Crippen LogP) is 1.02. The third-order valence-electron chi connectivity index (χ3n) is 1.35. The monoisotopic (exact) mass is 186 g/mol. The molecule has 0 saturated carbocycles. The summed E-state index contributed by atoms with van der Waals surface area (Å²) in [6, 6.07) is 0. The van der Waals surface area contributed by atoms with Crippen LogP contribution in [0.25, 0.3) is 0 Å². The van der Waals surface area contributed by atoms with Crippen LogP contribution < -0.4 is 0 Å². The maximum Gasteiger partial charge on any atom is 0.369 e. The molecule has 2 N–H and O–H groups in total. The zero-order chi connectivity index (χ0) is 9.94. The maximum absolute atomic E-state index is 12.4. The van der Waals surface area contributed by atoms with E-state index in [0.29, 0.717) is 0 Å². The predicted molar refractivity (Wildman–Crippen MR) is 33.5 cm³/mol. The van der Waals surface area contributed by atoms with Gasteiger partial charge in [-0.2, -0.15) is 4.39 Å². The summed E-state index contributed by atoms with van der Waals surface area (Å²) in [4.78, 5) is 9.91. The minimum Gasteiger partial charge on any atom is -0.477 e. The highest BCUT2D eigenvalue weighted by atomic mass is 19.3. The molecule has 6 heteroatoms. The Hall–Kier alpha value is -0.780. The molecular formula is C6H9F3O3. The Labute approximate surface area is 66.8 Å². The maximum atomic E-state index is 12.4. The van der Waals surface area contributed by atoms with Crippen LogP contribution in [0.4, 0.5) is 13.2 Å². The lowest BCUT2D eigenvalue weighted by atomic mass is 10.0. The smallest absolute Gasteiger partial charge is 0.369 e. The van der Waals surface area contributed by atoms with E-state index < -0.39 is 30.6 Å². The lowest BCUT2D eigenvalue weighted by Crippen LogP contribution is -2.36.